The summed E-state index contributed by atoms with van der Waals surface area (Å²) >= 11 is 0. The Morgan fingerprint density at radius 3 is 2.67 bits per heavy atom. The van der Waals surface area contributed by atoms with E-state index in [1.54, 1.807) is 0 Å². The molecule has 2 N–H and O–H groups in total. The molecule has 0 aromatic carbocycles. The Morgan fingerprint density at radius 1 is 1.28 bits per heavy atom. The number of piperidine rings is 1. The first-order chi connectivity index (χ1) is 8.69. The summed E-state index contributed by atoms with van der Waals surface area (Å²) in [6.07, 6.45) is 5.72. The van der Waals surface area contributed by atoms with Crippen LogP contribution in [0.15, 0.2) is 0 Å². The smallest absolute Gasteiger partial charge is 0.226 e. The zero-order valence-corrected chi connectivity index (χ0v) is 11.2. The molecule has 102 valence electrons. The first-order valence-electron chi connectivity index (χ1n) is 7.32. The summed E-state index contributed by atoms with van der Waals surface area (Å²) in [5, 5.41) is 6.59. The van der Waals surface area contributed by atoms with Gasteiger partial charge in [-0.05, 0) is 51.1 Å². The molecule has 18 heavy (non-hydrogen) atoms. The van der Waals surface area contributed by atoms with Crippen molar-refractivity contribution in [3.63, 3.8) is 0 Å². The molecule has 1 amide bonds. The second-order valence-electron chi connectivity index (χ2n) is 6.35. The molecule has 3 fully saturated rings. The summed E-state index contributed by atoms with van der Waals surface area (Å²) in [7, 11) is 0. The van der Waals surface area contributed by atoms with Crippen LogP contribution in [0.5, 0.6) is 0 Å². The third kappa shape index (κ3) is 2.41. The Bertz CT molecular complexity index is 322. The van der Waals surface area contributed by atoms with E-state index in [1.165, 1.54) is 12.8 Å². The molecule has 3 aliphatic rings. The lowest BCUT2D eigenvalue weighted by molar-refractivity contribution is -0.132. The average molecular weight is 252 g/mol. The maximum Gasteiger partial charge on any atom is 0.226 e. The number of hydrogen-bond acceptors (Lipinski definition) is 3. The van der Waals surface area contributed by atoms with Crippen LogP contribution in [-0.2, 0) is 9.53 Å². The Morgan fingerprint density at radius 2 is 2.00 bits per heavy atom. The maximum atomic E-state index is 12.5. The van der Waals surface area contributed by atoms with Gasteiger partial charge in [-0.3, -0.25) is 4.79 Å². The molecule has 0 spiro atoms. The van der Waals surface area contributed by atoms with Gasteiger partial charge in [0.05, 0.1) is 12.1 Å². The number of carbonyl (C=O) groups excluding carboxylic acids is 1. The van der Waals surface area contributed by atoms with Crippen LogP contribution in [0.1, 0.15) is 39.0 Å². The van der Waals surface area contributed by atoms with Crippen LogP contribution in [0, 0.1) is 11.3 Å². The van der Waals surface area contributed by atoms with Crippen LogP contribution in [0.3, 0.4) is 0 Å². The zero-order chi connectivity index (χ0) is 12.6. The van der Waals surface area contributed by atoms with Gasteiger partial charge >= 0.3 is 0 Å². The highest BCUT2D eigenvalue weighted by molar-refractivity contribution is 5.82. The minimum atomic E-state index is -0.179. The van der Waals surface area contributed by atoms with Gasteiger partial charge in [-0.15, -0.1) is 0 Å². The third-order valence-corrected chi connectivity index (χ3v) is 4.79. The second-order valence-corrected chi connectivity index (χ2v) is 6.35. The van der Waals surface area contributed by atoms with E-state index in [-0.39, 0.29) is 17.4 Å². The summed E-state index contributed by atoms with van der Waals surface area (Å²) in [4.78, 5) is 12.5. The SMILES string of the molecule is CC1(C(=O)NC2CCOC2C2CC2)CCNCC1. The summed E-state index contributed by atoms with van der Waals surface area (Å²) in [6.45, 7) is 4.82. The lowest BCUT2D eigenvalue weighted by Gasteiger charge is -2.34. The normalized spacial score (nSPS) is 35.4. The minimum absolute atomic E-state index is 0.179. The molecule has 0 bridgehead atoms. The summed E-state index contributed by atoms with van der Waals surface area (Å²) in [5.41, 5.74) is -0.179. The molecule has 3 rings (SSSR count). The first kappa shape index (κ1) is 12.4. The molecule has 2 atom stereocenters. The molecular formula is C14H24N2O2. The number of nitrogens with one attached hydrogen (secondary N) is 2. The van der Waals surface area contributed by atoms with Crippen molar-refractivity contribution >= 4 is 5.91 Å². The zero-order valence-electron chi connectivity index (χ0n) is 11.2. The predicted molar refractivity (Wildman–Crippen MR) is 69.2 cm³/mol. The molecule has 2 unspecified atom stereocenters. The highest BCUT2D eigenvalue weighted by atomic mass is 16.5. The van der Waals surface area contributed by atoms with E-state index >= 15 is 0 Å². The van der Waals surface area contributed by atoms with Crippen LogP contribution >= 0.6 is 0 Å². The number of carbonyl (C=O) groups is 1. The molecule has 2 heterocycles. The van der Waals surface area contributed by atoms with Crippen molar-refractivity contribution in [3.05, 3.63) is 0 Å². The van der Waals surface area contributed by atoms with Gasteiger partial charge in [-0.25, -0.2) is 0 Å². The van der Waals surface area contributed by atoms with E-state index in [0.29, 0.717) is 12.0 Å². The van der Waals surface area contributed by atoms with Crippen molar-refractivity contribution < 1.29 is 9.53 Å². The van der Waals surface area contributed by atoms with Crippen molar-refractivity contribution in [1.29, 1.82) is 0 Å². The Kier molecular flexibility index (Phi) is 3.32. The predicted octanol–water partition coefficient (Wildman–Crippen LogP) is 1.06. The molecular weight excluding hydrogens is 228 g/mol. The molecule has 0 radical (unpaired) electrons. The van der Waals surface area contributed by atoms with E-state index in [0.717, 1.165) is 39.0 Å². The molecule has 0 aromatic heterocycles. The third-order valence-electron chi connectivity index (χ3n) is 4.79. The van der Waals surface area contributed by atoms with Crippen molar-refractivity contribution in [1.82, 2.24) is 10.6 Å². The number of ether oxygens (including phenoxy) is 1. The van der Waals surface area contributed by atoms with Gasteiger partial charge < -0.3 is 15.4 Å². The van der Waals surface area contributed by atoms with Crippen LogP contribution in [0.4, 0.5) is 0 Å². The molecule has 4 heteroatoms. The van der Waals surface area contributed by atoms with Crippen LogP contribution < -0.4 is 10.6 Å². The summed E-state index contributed by atoms with van der Waals surface area (Å²) in [5.74, 6) is 0.948. The van der Waals surface area contributed by atoms with Crippen LogP contribution in [0.25, 0.3) is 0 Å². The highest BCUT2D eigenvalue weighted by Gasteiger charge is 2.43. The number of amides is 1. The van der Waals surface area contributed by atoms with Crippen molar-refractivity contribution in [2.75, 3.05) is 19.7 Å². The fourth-order valence-corrected chi connectivity index (χ4v) is 3.20. The summed E-state index contributed by atoms with van der Waals surface area (Å²) < 4.78 is 5.78. The van der Waals surface area contributed by atoms with Gasteiger partial charge in [0, 0.05) is 12.0 Å². The number of hydrogen-bond donors (Lipinski definition) is 2. The Hall–Kier alpha value is -0.610. The minimum Gasteiger partial charge on any atom is -0.376 e. The lowest BCUT2D eigenvalue weighted by Crippen LogP contribution is -2.51. The fraction of sp³-hybridized carbons (Fsp3) is 0.929. The van der Waals surface area contributed by atoms with Crippen LogP contribution in [-0.4, -0.2) is 37.7 Å². The van der Waals surface area contributed by atoms with E-state index < -0.39 is 0 Å². The molecule has 1 aliphatic carbocycles. The maximum absolute atomic E-state index is 12.5. The van der Waals surface area contributed by atoms with Crippen molar-refractivity contribution in [2.24, 2.45) is 11.3 Å². The van der Waals surface area contributed by atoms with Gasteiger partial charge in [0.25, 0.3) is 0 Å². The second kappa shape index (κ2) is 4.82. The van der Waals surface area contributed by atoms with Gasteiger partial charge in [0.15, 0.2) is 0 Å². The van der Waals surface area contributed by atoms with E-state index in [1.807, 2.05) is 0 Å². The van der Waals surface area contributed by atoms with Gasteiger partial charge in [0.1, 0.15) is 0 Å². The van der Waals surface area contributed by atoms with E-state index in [4.69, 9.17) is 4.74 Å². The number of rotatable bonds is 3. The summed E-state index contributed by atoms with van der Waals surface area (Å²) in [6, 6.07) is 0.261. The molecule has 2 aliphatic heterocycles. The average Bonchev–Trinajstić information content (AvgIpc) is 3.11. The Labute approximate surface area is 109 Å². The first-order valence-corrected chi connectivity index (χ1v) is 7.32. The highest BCUT2D eigenvalue weighted by Crippen LogP contribution is 2.39. The standard InChI is InChI=1S/C14H24N2O2/c1-14(5-7-15-8-6-14)13(17)16-11-4-9-18-12(11)10-2-3-10/h10-12,15H,2-9H2,1H3,(H,16,17). The Balaban J connectivity index is 1.59. The van der Waals surface area contributed by atoms with Crippen LogP contribution in [0.2, 0.25) is 0 Å². The van der Waals surface area contributed by atoms with Gasteiger partial charge in [-0.1, -0.05) is 6.92 Å². The van der Waals surface area contributed by atoms with Gasteiger partial charge in [0.2, 0.25) is 5.91 Å². The topological polar surface area (TPSA) is 50.4 Å². The lowest BCUT2D eigenvalue weighted by atomic mass is 9.80. The van der Waals surface area contributed by atoms with Gasteiger partial charge in [-0.2, -0.15) is 0 Å². The largest absolute Gasteiger partial charge is 0.376 e. The molecule has 0 aromatic rings. The van der Waals surface area contributed by atoms with E-state index in [9.17, 15) is 4.79 Å². The quantitative estimate of drug-likeness (QED) is 0.789. The van der Waals surface area contributed by atoms with Crippen molar-refractivity contribution in [3.8, 4) is 0 Å². The fourth-order valence-electron chi connectivity index (χ4n) is 3.20. The van der Waals surface area contributed by atoms with E-state index in [2.05, 4.69) is 17.6 Å². The molecule has 2 saturated heterocycles. The molecule has 1 saturated carbocycles. The van der Waals surface area contributed by atoms with Crippen molar-refractivity contribution in [2.45, 2.75) is 51.2 Å². The monoisotopic (exact) mass is 252 g/mol. The molecule has 4 nitrogen and oxygen atoms in total.